The van der Waals surface area contributed by atoms with E-state index >= 15 is 0 Å². The predicted molar refractivity (Wildman–Crippen MR) is 77.1 cm³/mol. The lowest BCUT2D eigenvalue weighted by Gasteiger charge is -2.27. The first-order valence-corrected chi connectivity index (χ1v) is 7.13. The highest BCUT2D eigenvalue weighted by Gasteiger charge is 2.15. The van der Waals surface area contributed by atoms with E-state index in [0.717, 1.165) is 23.8 Å². The van der Waals surface area contributed by atoms with Gasteiger partial charge in [0.05, 0.1) is 5.69 Å². The van der Waals surface area contributed by atoms with E-state index < -0.39 is 0 Å². The van der Waals surface area contributed by atoms with Gasteiger partial charge in [-0.1, -0.05) is 6.07 Å². The van der Waals surface area contributed by atoms with Crippen LogP contribution in [0.5, 0.6) is 0 Å². The molecule has 4 nitrogen and oxygen atoms in total. The number of piperidine rings is 1. The van der Waals surface area contributed by atoms with E-state index in [-0.39, 0.29) is 0 Å². The van der Waals surface area contributed by atoms with Crippen LogP contribution in [-0.4, -0.2) is 41.0 Å². The highest BCUT2D eigenvalue weighted by atomic mass is 15.1. The highest BCUT2D eigenvalue weighted by molar-refractivity contribution is 5.39. The molecule has 0 aliphatic carbocycles. The third-order valence-electron chi connectivity index (χ3n) is 3.87. The molecule has 1 saturated heterocycles. The fraction of sp³-hybridized carbons (Fsp3) is 0.533. The largest absolute Gasteiger partial charge is 0.317 e. The average Bonchev–Trinajstić information content (AvgIpc) is 2.81. The summed E-state index contributed by atoms with van der Waals surface area (Å²) >= 11 is 0. The lowest BCUT2D eigenvalue weighted by molar-refractivity contribution is 0.233. The maximum Gasteiger partial charge on any atom is 0.137 e. The molecule has 3 heterocycles. The summed E-state index contributed by atoms with van der Waals surface area (Å²) in [7, 11) is 2.20. The summed E-state index contributed by atoms with van der Waals surface area (Å²) in [6.07, 6.45) is 6.79. The molecule has 2 aromatic rings. The van der Waals surface area contributed by atoms with Crippen LogP contribution in [0, 0.1) is 5.92 Å². The number of pyridine rings is 1. The Bertz CT molecular complexity index is 495. The first-order chi connectivity index (χ1) is 9.31. The topological polar surface area (TPSA) is 32.6 Å². The Morgan fingerprint density at radius 2 is 2.21 bits per heavy atom. The van der Waals surface area contributed by atoms with Crippen LogP contribution in [-0.2, 0) is 6.54 Å². The zero-order valence-electron chi connectivity index (χ0n) is 11.5. The summed E-state index contributed by atoms with van der Waals surface area (Å²) in [6, 6.07) is 6.12. The Balaban J connectivity index is 1.60. The van der Waals surface area contributed by atoms with Gasteiger partial charge in [0.2, 0.25) is 0 Å². The number of rotatable bonds is 4. The van der Waals surface area contributed by atoms with E-state index in [1.165, 1.54) is 32.5 Å². The monoisotopic (exact) mass is 258 g/mol. The molecule has 0 atom stereocenters. The fourth-order valence-corrected chi connectivity index (χ4v) is 2.91. The maximum atomic E-state index is 4.65. The Kier molecular flexibility index (Phi) is 3.80. The van der Waals surface area contributed by atoms with Crippen molar-refractivity contribution in [2.75, 3.05) is 26.7 Å². The third kappa shape index (κ3) is 3.14. The Hall–Kier alpha value is -1.39. The van der Waals surface area contributed by atoms with Crippen molar-refractivity contribution in [2.45, 2.75) is 19.4 Å². The quantitative estimate of drug-likeness (QED) is 0.907. The van der Waals surface area contributed by atoms with Crippen molar-refractivity contribution in [3.8, 4) is 0 Å². The Labute approximate surface area is 114 Å². The second-order valence-corrected chi connectivity index (χ2v) is 5.59. The summed E-state index contributed by atoms with van der Waals surface area (Å²) in [5.74, 6) is 0.836. The van der Waals surface area contributed by atoms with E-state index in [1.54, 1.807) is 0 Å². The molecule has 0 spiro atoms. The molecular formula is C15H22N4. The number of hydrogen-bond acceptors (Lipinski definition) is 3. The van der Waals surface area contributed by atoms with Crippen LogP contribution in [0.4, 0.5) is 0 Å². The molecule has 0 aromatic carbocycles. The van der Waals surface area contributed by atoms with Crippen molar-refractivity contribution in [2.24, 2.45) is 5.92 Å². The van der Waals surface area contributed by atoms with E-state index in [4.69, 9.17) is 0 Å². The number of aromatic nitrogens is 2. The second kappa shape index (κ2) is 5.72. The molecule has 0 radical (unpaired) electrons. The van der Waals surface area contributed by atoms with Crippen molar-refractivity contribution in [3.63, 3.8) is 0 Å². The van der Waals surface area contributed by atoms with Crippen molar-refractivity contribution in [1.82, 2.24) is 19.6 Å². The molecule has 1 aliphatic rings. The van der Waals surface area contributed by atoms with Crippen LogP contribution in [0.3, 0.4) is 0 Å². The molecule has 0 saturated carbocycles. The molecular weight excluding hydrogens is 236 g/mol. The van der Waals surface area contributed by atoms with Crippen molar-refractivity contribution < 1.29 is 0 Å². The minimum atomic E-state index is 0.836. The lowest BCUT2D eigenvalue weighted by atomic mass is 9.98. The molecule has 1 aliphatic heterocycles. The molecule has 4 heteroatoms. The van der Waals surface area contributed by atoms with Gasteiger partial charge in [-0.3, -0.25) is 0 Å². The fourth-order valence-electron chi connectivity index (χ4n) is 2.91. The Morgan fingerprint density at radius 3 is 3.00 bits per heavy atom. The molecule has 0 bridgehead atoms. The minimum Gasteiger partial charge on any atom is -0.317 e. The van der Waals surface area contributed by atoms with E-state index in [0.29, 0.717) is 0 Å². The zero-order chi connectivity index (χ0) is 13.1. The van der Waals surface area contributed by atoms with Crippen molar-refractivity contribution in [3.05, 3.63) is 36.3 Å². The molecule has 0 unspecified atom stereocenters. The third-order valence-corrected chi connectivity index (χ3v) is 3.87. The normalized spacial score (nSPS) is 17.4. The Morgan fingerprint density at radius 1 is 1.37 bits per heavy atom. The number of imidazole rings is 1. The van der Waals surface area contributed by atoms with Gasteiger partial charge < -0.3 is 14.6 Å². The van der Waals surface area contributed by atoms with Crippen LogP contribution >= 0.6 is 0 Å². The first-order valence-electron chi connectivity index (χ1n) is 7.13. The van der Waals surface area contributed by atoms with Gasteiger partial charge in [-0.25, -0.2) is 4.98 Å². The van der Waals surface area contributed by atoms with E-state index in [2.05, 4.69) is 45.1 Å². The highest BCUT2D eigenvalue weighted by Crippen LogP contribution is 2.14. The average molecular weight is 258 g/mol. The zero-order valence-corrected chi connectivity index (χ0v) is 11.5. The smallest absolute Gasteiger partial charge is 0.137 e. The number of nitrogens with zero attached hydrogens (tertiary/aromatic N) is 3. The van der Waals surface area contributed by atoms with Crippen LogP contribution in [0.15, 0.2) is 30.6 Å². The summed E-state index contributed by atoms with van der Waals surface area (Å²) in [4.78, 5) is 7.06. The summed E-state index contributed by atoms with van der Waals surface area (Å²) < 4.78 is 2.09. The molecule has 0 amide bonds. The predicted octanol–water partition coefficient (Wildman–Crippen LogP) is 1.77. The van der Waals surface area contributed by atoms with E-state index in [1.807, 2.05) is 12.1 Å². The molecule has 102 valence electrons. The van der Waals surface area contributed by atoms with Gasteiger partial charge in [0.1, 0.15) is 5.65 Å². The minimum absolute atomic E-state index is 0.836. The second-order valence-electron chi connectivity index (χ2n) is 5.59. The van der Waals surface area contributed by atoms with Crippen LogP contribution in [0.1, 0.15) is 18.5 Å². The SMILES string of the molecule is CN(Cc1cn2ccccc2n1)CC1CCNCC1. The summed E-state index contributed by atoms with van der Waals surface area (Å²) in [6.45, 7) is 4.46. The van der Waals surface area contributed by atoms with Crippen molar-refractivity contribution in [1.29, 1.82) is 0 Å². The van der Waals surface area contributed by atoms with Crippen LogP contribution in [0.25, 0.3) is 5.65 Å². The van der Waals surface area contributed by atoms with Gasteiger partial charge in [0.15, 0.2) is 0 Å². The number of fused-ring (bicyclic) bond motifs is 1. The van der Waals surface area contributed by atoms with Gasteiger partial charge in [-0.05, 0) is 51.0 Å². The molecule has 1 fully saturated rings. The number of nitrogens with one attached hydrogen (secondary N) is 1. The van der Waals surface area contributed by atoms with E-state index in [9.17, 15) is 0 Å². The standard InChI is InChI=1S/C15H22N4/c1-18(10-13-5-7-16-8-6-13)11-14-12-19-9-3-2-4-15(19)17-14/h2-4,9,12-13,16H,5-8,10-11H2,1H3. The lowest BCUT2D eigenvalue weighted by Crippen LogP contribution is -2.34. The molecule has 2 aromatic heterocycles. The van der Waals surface area contributed by atoms with Gasteiger partial charge in [-0.2, -0.15) is 0 Å². The van der Waals surface area contributed by atoms with Gasteiger partial charge >= 0.3 is 0 Å². The van der Waals surface area contributed by atoms with Crippen LogP contribution < -0.4 is 5.32 Å². The molecule has 3 rings (SSSR count). The van der Waals surface area contributed by atoms with Crippen LogP contribution in [0.2, 0.25) is 0 Å². The van der Waals surface area contributed by atoms with Crippen molar-refractivity contribution >= 4 is 5.65 Å². The molecule has 19 heavy (non-hydrogen) atoms. The van der Waals surface area contributed by atoms with Gasteiger partial charge in [0.25, 0.3) is 0 Å². The summed E-state index contributed by atoms with van der Waals surface area (Å²) in [5.41, 5.74) is 2.19. The summed E-state index contributed by atoms with van der Waals surface area (Å²) in [5, 5.41) is 3.42. The van der Waals surface area contributed by atoms with Gasteiger partial charge in [-0.15, -0.1) is 0 Å². The van der Waals surface area contributed by atoms with Gasteiger partial charge in [0, 0.05) is 25.5 Å². The first kappa shape index (κ1) is 12.6. The maximum absolute atomic E-state index is 4.65. The number of hydrogen-bond donors (Lipinski definition) is 1. The molecule has 1 N–H and O–H groups in total.